The van der Waals surface area contributed by atoms with Crippen molar-refractivity contribution in [3.8, 4) is 5.75 Å². The second kappa shape index (κ2) is 7.52. The van der Waals surface area contributed by atoms with Crippen molar-refractivity contribution in [2.24, 2.45) is 16.6 Å². The predicted octanol–water partition coefficient (Wildman–Crippen LogP) is 2.89. The van der Waals surface area contributed by atoms with Crippen LogP contribution >= 0.6 is 11.6 Å². The zero-order valence-corrected chi connectivity index (χ0v) is 13.2. The molecular formula is C15H22ClN3O2. The van der Waals surface area contributed by atoms with Gasteiger partial charge in [0.25, 0.3) is 0 Å². The first kappa shape index (κ1) is 15.9. The molecule has 1 heterocycles. The first-order valence-electron chi connectivity index (χ1n) is 7.10. The zero-order valence-electron chi connectivity index (χ0n) is 12.4. The lowest BCUT2D eigenvalue weighted by atomic mass is 9.96. The third-order valence-electron chi connectivity index (χ3n) is 3.54. The molecule has 0 spiro atoms. The monoisotopic (exact) mass is 311 g/mol. The van der Waals surface area contributed by atoms with Crippen molar-refractivity contribution in [2.45, 2.75) is 25.9 Å². The van der Waals surface area contributed by atoms with Crippen molar-refractivity contribution >= 4 is 23.2 Å². The molecule has 0 saturated carbocycles. The molecule has 0 bridgehead atoms. The van der Waals surface area contributed by atoms with Gasteiger partial charge in [-0.15, -0.1) is 0 Å². The van der Waals surface area contributed by atoms with E-state index in [-0.39, 0.29) is 0 Å². The SMILES string of the molecule is COc1ccc(NC(N)=NCC2CCOC(C)C2)cc1Cl. The summed E-state index contributed by atoms with van der Waals surface area (Å²) in [6.07, 6.45) is 2.38. The van der Waals surface area contributed by atoms with Gasteiger partial charge in [-0.25, -0.2) is 0 Å². The van der Waals surface area contributed by atoms with E-state index in [2.05, 4.69) is 17.2 Å². The molecule has 1 fully saturated rings. The Hall–Kier alpha value is -1.46. The summed E-state index contributed by atoms with van der Waals surface area (Å²) in [6.45, 7) is 3.62. The Morgan fingerprint density at radius 1 is 1.57 bits per heavy atom. The standard InChI is InChI=1S/C15H22ClN3O2/c1-10-7-11(5-6-21-10)9-18-15(17)19-12-3-4-14(20-2)13(16)8-12/h3-4,8,10-11H,5-7,9H2,1-2H3,(H3,17,18,19). The lowest BCUT2D eigenvalue weighted by molar-refractivity contribution is 0.00482. The molecule has 21 heavy (non-hydrogen) atoms. The molecule has 1 aromatic rings. The van der Waals surface area contributed by atoms with Crippen LogP contribution in [0, 0.1) is 5.92 Å². The summed E-state index contributed by atoms with van der Waals surface area (Å²) in [4.78, 5) is 4.40. The van der Waals surface area contributed by atoms with Crippen LogP contribution in [0.15, 0.2) is 23.2 Å². The van der Waals surface area contributed by atoms with E-state index in [0.29, 0.717) is 28.8 Å². The van der Waals surface area contributed by atoms with Crippen LogP contribution in [0.4, 0.5) is 5.69 Å². The maximum Gasteiger partial charge on any atom is 0.193 e. The lowest BCUT2D eigenvalue weighted by Crippen LogP contribution is -2.27. The molecule has 6 heteroatoms. The van der Waals surface area contributed by atoms with Gasteiger partial charge in [-0.2, -0.15) is 0 Å². The fourth-order valence-corrected chi connectivity index (χ4v) is 2.67. The number of nitrogens with zero attached hydrogens (tertiary/aromatic N) is 1. The Balaban J connectivity index is 1.89. The van der Waals surface area contributed by atoms with Crippen LogP contribution in [-0.2, 0) is 4.74 Å². The molecule has 3 N–H and O–H groups in total. The molecule has 0 aromatic heterocycles. The van der Waals surface area contributed by atoms with Gasteiger partial charge >= 0.3 is 0 Å². The number of guanidine groups is 1. The third-order valence-corrected chi connectivity index (χ3v) is 3.83. The van der Waals surface area contributed by atoms with Gasteiger partial charge in [-0.05, 0) is 43.9 Å². The third kappa shape index (κ3) is 4.79. The van der Waals surface area contributed by atoms with Gasteiger partial charge in [-0.3, -0.25) is 4.99 Å². The summed E-state index contributed by atoms with van der Waals surface area (Å²) >= 11 is 6.07. The second-order valence-electron chi connectivity index (χ2n) is 5.27. The number of nitrogens with one attached hydrogen (secondary N) is 1. The summed E-state index contributed by atoms with van der Waals surface area (Å²) in [5, 5.41) is 3.58. The number of rotatable bonds is 4. The molecule has 1 aromatic carbocycles. The van der Waals surface area contributed by atoms with Crippen molar-refractivity contribution in [3.05, 3.63) is 23.2 Å². The maximum atomic E-state index is 6.07. The highest BCUT2D eigenvalue weighted by Crippen LogP contribution is 2.27. The second-order valence-corrected chi connectivity index (χ2v) is 5.68. The summed E-state index contributed by atoms with van der Waals surface area (Å²) in [5.74, 6) is 1.57. The smallest absolute Gasteiger partial charge is 0.193 e. The van der Waals surface area contributed by atoms with E-state index in [1.54, 1.807) is 19.2 Å². The zero-order chi connectivity index (χ0) is 15.2. The normalized spacial score (nSPS) is 22.9. The predicted molar refractivity (Wildman–Crippen MR) is 86.3 cm³/mol. The number of methoxy groups -OCH3 is 1. The van der Waals surface area contributed by atoms with E-state index in [4.69, 9.17) is 26.8 Å². The van der Waals surface area contributed by atoms with Gasteiger partial charge in [0.15, 0.2) is 5.96 Å². The molecule has 0 amide bonds. The van der Waals surface area contributed by atoms with Crippen molar-refractivity contribution in [1.29, 1.82) is 0 Å². The molecule has 1 aliphatic rings. The number of hydrogen-bond donors (Lipinski definition) is 2. The van der Waals surface area contributed by atoms with Gasteiger partial charge in [0.1, 0.15) is 5.75 Å². The molecular weight excluding hydrogens is 290 g/mol. The van der Waals surface area contributed by atoms with Crippen LogP contribution < -0.4 is 15.8 Å². The van der Waals surface area contributed by atoms with Crippen LogP contribution in [0.3, 0.4) is 0 Å². The Morgan fingerprint density at radius 2 is 2.38 bits per heavy atom. The minimum Gasteiger partial charge on any atom is -0.495 e. The molecule has 1 aliphatic heterocycles. The minimum atomic E-state index is 0.313. The van der Waals surface area contributed by atoms with Gasteiger partial charge in [0.2, 0.25) is 0 Å². The first-order valence-corrected chi connectivity index (χ1v) is 7.48. The number of ether oxygens (including phenoxy) is 2. The van der Waals surface area contributed by atoms with Crippen LogP contribution in [0.1, 0.15) is 19.8 Å². The van der Waals surface area contributed by atoms with Crippen molar-refractivity contribution < 1.29 is 9.47 Å². The number of aliphatic imine (C=N–C) groups is 1. The Morgan fingerprint density at radius 3 is 3.05 bits per heavy atom. The molecule has 0 radical (unpaired) electrons. The van der Waals surface area contributed by atoms with E-state index < -0.39 is 0 Å². The van der Waals surface area contributed by atoms with E-state index in [1.165, 1.54) is 0 Å². The highest BCUT2D eigenvalue weighted by Gasteiger charge is 2.18. The maximum absolute atomic E-state index is 6.07. The van der Waals surface area contributed by atoms with Gasteiger partial charge < -0.3 is 20.5 Å². The number of nitrogens with two attached hydrogens (primary N) is 1. The van der Waals surface area contributed by atoms with Gasteiger partial charge in [0.05, 0.1) is 18.2 Å². The minimum absolute atomic E-state index is 0.313. The molecule has 5 nitrogen and oxygen atoms in total. The van der Waals surface area contributed by atoms with E-state index in [9.17, 15) is 0 Å². The lowest BCUT2D eigenvalue weighted by Gasteiger charge is -2.26. The first-order chi connectivity index (χ1) is 10.1. The van der Waals surface area contributed by atoms with Crippen LogP contribution in [0.2, 0.25) is 5.02 Å². The molecule has 2 atom stereocenters. The molecule has 116 valence electrons. The van der Waals surface area contributed by atoms with Crippen LogP contribution in [-0.4, -0.2) is 32.3 Å². The topological polar surface area (TPSA) is 68.9 Å². The molecule has 0 aliphatic carbocycles. The molecule has 2 rings (SSSR count). The van der Waals surface area contributed by atoms with E-state index in [1.807, 2.05) is 6.07 Å². The fourth-order valence-electron chi connectivity index (χ4n) is 2.42. The number of anilines is 1. The average molecular weight is 312 g/mol. The van der Waals surface area contributed by atoms with E-state index >= 15 is 0 Å². The van der Waals surface area contributed by atoms with Gasteiger partial charge in [0, 0.05) is 18.8 Å². The number of halogens is 1. The summed E-state index contributed by atoms with van der Waals surface area (Å²) in [6, 6.07) is 5.40. The Kier molecular flexibility index (Phi) is 5.70. The quantitative estimate of drug-likeness (QED) is 0.662. The molecule has 2 unspecified atom stereocenters. The Labute approximate surface area is 130 Å². The number of hydrogen-bond acceptors (Lipinski definition) is 3. The van der Waals surface area contributed by atoms with Crippen LogP contribution in [0.5, 0.6) is 5.75 Å². The van der Waals surface area contributed by atoms with E-state index in [0.717, 1.165) is 31.7 Å². The van der Waals surface area contributed by atoms with Gasteiger partial charge in [-0.1, -0.05) is 11.6 Å². The van der Waals surface area contributed by atoms with Crippen molar-refractivity contribution in [3.63, 3.8) is 0 Å². The largest absolute Gasteiger partial charge is 0.495 e. The van der Waals surface area contributed by atoms with Crippen molar-refractivity contribution in [1.82, 2.24) is 0 Å². The average Bonchev–Trinajstić information content (AvgIpc) is 2.45. The van der Waals surface area contributed by atoms with Crippen molar-refractivity contribution in [2.75, 3.05) is 25.6 Å². The number of benzene rings is 1. The molecule has 1 saturated heterocycles. The fraction of sp³-hybridized carbons (Fsp3) is 0.533. The highest BCUT2D eigenvalue weighted by molar-refractivity contribution is 6.32. The summed E-state index contributed by atoms with van der Waals surface area (Å²) < 4.78 is 10.6. The van der Waals surface area contributed by atoms with Crippen LogP contribution in [0.25, 0.3) is 0 Å². The Bertz CT molecular complexity index is 508. The summed E-state index contributed by atoms with van der Waals surface area (Å²) in [7, 11) is 1.58. The highest BCUT2D eigenvalue weighted by atomic mass is 35.5. The summed E-state index contributed by atoms with van der Waals surface area (Å²) in [5.41, 5.74) is 6.71.